The predicted octanol–water partition coefficient (Wildman–Crippen LogP) is 1.23. The van der Waals surface area contributed by atoms with Crippen LogP contribution in [0.5, 0.6) is 0 Å². The number of carbonyl (C=O) groups is 1. The molecule has 0 saturated carbocycles. The SMILES string of the molecule is CCc1nc(=O)[nH]c(CC(C)C)c1C(=O)O. The Hall–Kier alpha value is -1.65. The highest BCUT2D eigenvalue weighted by molar-refractivity contribution is 5.90. The molecular formula is C11H16N2O3. The summed E-state index contributed by atoms with van der Waals surface area (Å²) < 4.78 is 0. The maximum Gasteiger partial charge on any atom is 0.345 e. The number of aryl methyl sites for hydroxylation is 1. The molecule has 0 bridgehead atoms. The number of carboxylic acid groups (broad SMARTS) is 1. The lowest BCUT2D eigenvalue weighted by molar-refractivity contribution is 0.0693. The Labute approximate surface area is 93.5 Å². The van der Waals surface area contributed by atoms with E-state index < -0.39 is 11.7 Å². The first-order valence-corrected chi connectivity index (χ1v) is 5.31. The molecule has 2 N–H and O–H groups in total. The van der Waals surface area contributed by atoms with Crippen LogP contribution < -0.4 is 5.69 Å². The first-order chi connectivity index (χ1) is 7.45. The van der Waals surface area contributed by atoms with Crippen molar-refractivity contribution in [1.82, 2.24) is 9.97 Å². The summed E-state index contributed by atoms with van der Waals surface area (Å²) in [6, 6.07) is 0. The highest BCUT2D eigenvalue weighted by Gasteiger charge is 2.18. The molecule has 0 amide bonds. The molecule has 0 atom stereocenters. The fraction of sp³-hybridized carbons (Fsp3) is 0.545. The minimum absolute atomic E-state index is 0.149. The van der Waals surface area contributed by atoms with Crippen LogP contribution in [0.4, 0.5) is 0 Å². The van der Waals surface area contributed by atoms with Crippen molar-refractivity contribution in [2.45, 2.75) is 33.6 Å². The van der Waals surface area contributed by atoms with Crippen LogP contribution in [0, 0.1) is 5.92 Å². The average molecular weight is 224 g/mol. The molecule has 0 aliphatic carbocycles. The van der Waals surface area contributed by atoms with Gasteiger partial charge in [0.2, 0.25) is 0 Å². The van der Waals surface area contributed by atoms with Gasteiger partial charge in [-0.1, -0.05) is 20.8 Å². The van der Waals surface area contributed by atoms with Gasteiger partial charge in [0.25, 0.3) is 0 Å². The first-order valence-electron chi connectivity index (χ1n) is 5.31. The van der Waals surface area contributed by atoms with Crippen molar-refractivity contribution in [2.75, 3.05) is 0 Å². The fourth-order valence-corrected chi connectivity index (χ4v) is 1.64. The van der Waals surface area contributed by atoms with Crippen molar-refractivity contribution in [3.8, 4) is 0 Å². The molecule has 0 radical (unpaired) electrons. The van der Waals surface area contributed by atoms with E-state index in [9.17, 15) is 9.59 Å². The van der Waals surface area contributed by atoms with E-state index >= 15 is 0 Å². The fourth-order valence-electron chi connectivity index (χ4n) is 1.64. The van der Waals surface area contributed by atoms with Crippen molar-refractivity contribution in [1.29, 1.82) is 0 Å². The van der Waals surface area contributed by atoms with Crippen LogP contribution in [-0.4, -0.2) is 21.0 Å². The van der Waals surface area contributed by atoms with Crippen LogP contribution in [0.2, 0.25) is 0 Å². The molecule has 0 aromatic carbocycles. The second-order valence-electron chi connectivity index (χ2n) is 4.10. The van der Waals surface area contributed by atoms with Gasteiger partial charge in [0.05, 0.1) is 5.69 Å². The largest absolute Gasteiger partial charge is 0.478 e. The van der Waals surface area contributed by atoms with Crippen LogP contribution >= 0.6 is 0 Å². The zero-order chi connectivity index (χ0) is 12.3. The van der Waals surface area contributed by atoms with Crippen molar-refractivity contribution in [3.05, 3.63) is 27.4 Å². The number of hydrogen-bond acceptors (Lipinski definition) is 3. The number of rotatable bonds is 4. The van der Waals surface area contributed by atoms with Crippen LogP contribution in [-0.2, 0) is 12.8 Å². The van der Waals surface area contributed by atoms with Crippen molar-refractivity contribution in [2.24, 2.45) is 5.92 Å². The average Bonchev–Trinajstić information content (AvgIpc) is 2.14. The zero-order valence-electron chi connectivity index (χ0n) is 9.70. The summed E-state index contributed by atoms with van der Waals surface area (Å²) in [5.41, 5.74) is 0.500. The van der Waals surface area contributed by atoms with Gasteiger partial charge in [-0.15, -0.1) is 0 Å². The maximum atomic E-state index is 11.3. The summed E-state index contributed by atoms with van der Waals surface area (Å²) in [4.78, 5) is 28.6. The topological polar surface area (TPSA) is 83.0 Å². The van der Waals surface area contributed by atoms with Gasteiger partial charge in [-0.2, -0.15) is 4.98 Å². The Morgan fingerprint density at radius 1 is 1.50 bits per heavy atom. The maximum absolute atomic E-state index is 11.3. The Balaban J connectivity index is 3.38. The minimum Gasteiger partial charge on any atom is -0.478 e. The van der Waals surface area contributed by atoms with E-state index in [2.05, 4.69) is 9.97 Å². The van der Waals surface area contributed by atoms with E-state index in [-0.39, 0.29) is 11.5 Å². The van der Waals surface area contributed by atoms with Crippen LogP contribution in [0.1, 0.15) is 42.5 Å². The third-order valence-corrected chi connectivity index (χ3v) is 2.25. The lowest BCUT2D eigenvalue weighted by Crippen LogP contribution is -2.22. The van der Waals surface area contributed by atoms with Gasteiger partial charge >= 0.3 is 11.7 Å². The normalized spacial score (nSPS) is 10.8. The summed E-state index contributed by atoms with van der Waals surface area (Å²) >= 11 is 0. The lowest BCUT2D eigenvalue weighted by Gasteiger charge is -2.10. The minimum atomic E-state index is -1.03. The molecule has 1 aromatic rings. The van der Waals surface area contributed by atoms with Gasteiger partial charge in [-0.25, -0.2) is 9.59 Å². The van der Waals surface area contributed by atoms with Crippen LogP contribution in [0.25, 0.3) is 0 Å². The van der Waals surface area contributed by atoms with Crippen molar-refractivity contribution >= 4 is 5.97 Å². The summed E-state index contributed by atoms with van der Waals surface area (Å²) in [6.07, 6.45) is 0.975. The monoisotopic (exact) mass is 224 g/mol. The zero-order valence-corrected chi connectivity index (χ0v) is 9.70. The van der Waals surface area contributed by atoms with E-state index in [1.165, 1.54) is 0 Å². The Morgan fingerprint density at radius 3 is 2.56 bits per heavy atom. The van der Waals surface area contributed by atoms with E-state index in [4.69, 9.17) is 5.11 Å². The van der Waals surface area contributed by atoms with Gasteiger partial charge in [-0.05, 0) is 18.8 Å². The van der Waals surface area contributed by atoms with E-state index in [0.717, 1.165) is 0 Å². The Kier molecular flexibility index (Phi) is 3.82. The summed E-state index contributed by atoms with van der Waals surface area (Å²) in [5, 5.41) is 9.12. The molecule has 1 heterocycles. The van der Waals surface area contributed by atoms with Crippen LogP contribution in [0.15, 0.2) is 4.79 Å². The Bertz CT molecular complexity index is 449. The van der Waals surface area contributed by atoms with E-state index in [1.807, 2.05) is 13.8 Å². The number of aromatic carboxylic acids is 1. The third-order valence-electron chi connectivity index (χ3n) is 2.25. The number of nitrogens with zero attached hydrogens (tertiary/aromatic N) is 1. The quantitative estimate of drug-likeness (QED) is 0.805. The Morgan fingerprint density at radius 2 is 2.12 bits per heavy atom. The van der Waals surface area contributed by atoms with Gasteiger partial charge < -0.3 is 10.1 Å². The number of aromatic nitrogens is 2. The molecule has 0 spiro atoms. The highest BCUT2D eigenvalue weighted by Crippen LogP contribution is 2.13. The predicted molar refractivity (Wildman–Crippen MR) is 59.7 cm³/mol. The summed E-state index contributed by atoms with van der Waals surface area (Å²) in [6.45, 7) is 5.72. The molecule has 0 unspecified atom stereocenters. The van der Waals surface area contributed by atoms with E-state index in [0.29, 0.717) is 24.2 Å². The summed E-state index contributed by atoms with van der Waals surface area (Å²) in [5.74, 6) is -0.753. The number of H-pyrrole nitrogens is 1. The van der Waals surface area contributed by atoms with Gasteiger partial charge in [0, 0.05) is 5.69 Å². The molecule has 5 nitrogen and oxygen atoms in total. The second-order valence-corrected chi connectivity index (χ2v) is 4.10. The smallest absolute Gasteiger partial charge is 0.345 e. The molecule has 0 aliphatic heterocycles. The molecule has 5 heteroatoms. The highest BCUT2D eigenvalue weighted by atomic mass is 16.4. The molecular weight excluding hydrogens is 208 g/mol. The number of nitrogens with one attached hydrogen (secondary N) is 1. The van der Waals surface area contributed by atoms with Crippen molar-refractivity contribution in [3.63, 3.8) is 0 Å². The number of aromatic amines is 1. The molecule has 16 heavy (non-hydrogen) atoms. The van der Waals surface area contributed by atoms with Crippen LogP contribution in [0.3, 0.4) is 0 Å². The molecule has 0 aliphatic rings. The van der Waals surface area contributed by atoms with Crippen molar-refractivity contribution < 1.29 is 9.90 Å². The summed E-state index contributed by atoms with van der Waals surface area (Å²) in [7, 11) is 0. The second kappa shape index (κ2) is 4.92. The molecule has 1 rings (SSSR count). The molecule has 88 valence electrons. The van der Waals surface area contributed by atoms with Gasteiger partial charge in [-0.3, -0.25) is 0 Å². The molecule has 0 fully saturated rings. The standard InChI is InChI=1S/C11H16N2O3/c1-4-7-9(10(14)15)8(5-6(2)3)13-11(16)12-7/h6H,4-5H2,1-3H3,(H,14,15)(H,12,13,16). The number of carboxylic acids is 1. The first kappa shape index (κ1) is 12.4. The van der Waals surface area contributed by atoms with Gasteiger partial charge in [0.1, 0.15) is 5.56 Å². The molecule has 0 saturated heterocycles. The lowest BCUT2D eigenvalue weighted by atomic mass is 10.0. The van der Waals surface area contributed by atoms with E-state index in [1.54, 1.807) is 6.92 Å². The number of hydrogen-bond donors (Lipinski definition) is 2. The third kappa shape index (κ3) is 2.68. The van der Waals surface area contributed by atoms with Gasteiger partial charge in [0.15, 0.2) is 0 Å². The molecule has 1 aromatic heterocycles.